The van der Waals surface area contributed by atoms with Crippen molar-refractivity contribution >= 4 is 17.3 Å². The molecule has 1 aromatic heterocycles. The zero-order chi connectivity index (χ0) is 14.7. The van der Waals surface area contributed by atoms with Gasteiger partial charge in [0.05, 0.1) is 6.33 Å². The molecule has 0 unspecified atom stereocenters. The summed E-state index contributed by atoms with van der Waals surface area (Å²) in [6.45, 7) is 0. The third kappa shape index (κ3) is 2.92. The van der Waals surface area contributed by atoms with Crippen LogP contribution in [0.25, 0.3) is 5.69 Å². The number of hydrogen-bond donors (Lipinski definition) is 2. The van der Waals surface area contributed by atoms with Crippen LogP contribution in [0.5, 0.6) is 0 Å². The summed E-state index contributed by atoms with van der Waals surface area (Å²) in [4.78, 5) is 16.1. The standard InChI is InChI=1S/C16H14N4O/c17-13-3-1-2-12(10-13)16(21)19-14-4-6-15(7-5-14)20-9-8-18-11-20/h1-11H,17H2,(H,19,21). The molecule has 5 nitrogen and oxygen atoms in total. The van der Waals surface area contributed by atoms with Gasteiger partial charge in [0.2, 0.25) is 0 Å². The number of anilines is 2. The zero-order valence-corrected chi connectivity index (χ0v) is 11.2. The van der Waals surface area contributed by atoms with Crippen molar-refractivity contribution in [2.75, 3.05) is 11.1 Å². The van der Waals surface area contributed by atoms with Crippen LogP contribution in [0.15, 0.2) is 67.3 Å². The fourth-order valence-corrected chi connectivity index (χ4v) is 2.01. The van der Waals surface area contributed by atoms with Crippen LogP contribution in [-0.4, -0.2) is 15.5 Å². The molecule has 0 aliphatic rings. The summed E-state index contributed by atoms with van der Waals surface area (Å²) in [5.41, 5.74) is 8.49. The minimum absolute atomic E-state index is 0.183. The van der Waals surface area contributed by atoms with Crippen LogP contribution in [-0.2, 0) is 0 Å². The summed E-state index contributed by atoms with van der Waals surface area (Å²) in [6, 6.07) is 14.4. The highest BCUT2D eigenvalue weighted by molar-refractivity contribution is 6.04. The van der Waals surface area contributed by atoms with E-state index in [-0.39, 0.29) is 5.91 Å². The number of aromatic nitrogens is 2. The van der Waals surface area contributed by atoms with Crippen LogP contribution in [0.3, 0.4) is 0 Å². The number of rotatable bonds is 3. The number of nitrogens with zero attached hydrogens (tertiary/aromatic N) is 2. The van der Waals surface area contributed by atoms with Gasteiger partial charge in [0.1, 0.15) is 0 Å². The smallest absolute Gasteiger partial charge is 0.255 e. The molecule has 0 fully saturated rings. The highest BCUT2D eigenvalue weighted by atomic mass is 16.1. The van der Waals surface area contributed by atoms with Gasteiger partial charge in [-0.25, -0.2) is 4.98 Å². The van der Waals surface area contributed by atoms with E-state index in [4.69, 9.17) is 5.73 Å². The second-order valence-corrected chi connectivity index (χ2v) is 4.60. The third-order valence-corrected chi connectivity index (χ3v) is 3.08. The monoisotopic (exact) mass is 278 g/mol. The molecular weight excluding hydrogens is 264 g/mol. The van der Waals surface area contributed by atoms with E-state index in [1.54, 1.807) is 36.8 Å². The number of carbonyl (C=O) groups is 1. The summed E-state index contributed by atoms with van der Waals surface area (Å²) < 4.78 is 1.89. The highest BCUT2D eigenvalue weighted by Gasteiger charge is 2.06. The Balaban J connectivity index is 1.75. The van der Waals surface area contributed by atoms with E-state index in [9.17, 15) is 4.79 Å². The predicted octanol–water partition coefficient (Wildman–Crippen LogP) is 2.71. The maximum atomic E-state index is 12.1. The lowest BCUT2D eigenvalue weighted by Crippen LogP contribution is -2.12. The molecule has 21 heavy (non-hydrogen) atoms. The molecule has 2 aromatic carbocycles. The van der Waals surface area contributed by atoms with E-state index in [2.05, 4.69) is 10.3 Å². The van der Waals surface area contributed by atoms with Crippen LogP contribution in [0.2, 0.25) is 0 Å². The Morgan fingerprint density at radius 1 is 1.14 bits per heavy atom. The molecule has 3 aromatic rings. The van der Waals surface area contributed by atoms with Crippen molar-refractivity contribution in [1.82, 2.24) is 9.55 Å². The Hall–Kier alpha value is -3.08. The normalized spacial score (nSPS) is 10.3. The Bertz CT molecular complexity index is 748. The molecule has 0 spiro atoms. The second-order valence-electron chi connectivity index (χ2n) is 4.60. The summed E-state index contributed by atoms with van der Waals surface area (Å²) in [5, 5.41) is 2.84. The quantitative estimate of drug-likeness (QED) is 0.723. The zero-order valence-electron chi connectivity index (χ0n) is 11.2. The van der Waals surface area contributed by atoms with Gasteiger partial charge in [-0.1, -0.05) is 6.07 Å². The molecule has 0 saturated carbocycles. The van der Waals surface area contributed by atoms with Crippen molar-refractivity contribution in [2.45, 2.75) is 0 Å². The van der Waals surface area contributed by atoms with E-state index in [0.717, 1.165) is 11.4 Å². The lowest BCUT2D eigenvalue weighted by molar-refractivity contribution is 0.102. The van der Waals surface area contributed by atoms with Gasteiger partial charge in [-0.3, -0.25) is 4.79 Å². The molecule has 3 N–H and O–H groups in total. The summed E-state index contributed by atoms with van der Waals surface area (Å²) in [5.74, 6) is -0.183. The Morgan fingerprint density at radius 3 is 2.62 bits per heavy atom. The molecule has 0 bridgehead atoms. The average Bonchev–Trinajstić information content (AvgIpc) is 3.02. The van der Waals surface area contributed by atoms with E-state index in [1.165, 1.54) is 0 Å². The van der Waals surface area contributed by atoms with E-state index in [1.807, 2.05) is 35.0 Å². The Labute approximate surface area is 122 Å². The maximum Gasteiger partial charge on any atom is 0.255 e. The molecule has 3 rings (SSSR count). The number of nitrogen functional groups attached to an aromatic ring is 1. The van der Waals surface area contributed by atoms with E-state index >= 15 is 0 Å². The van der Waals surface area contributed by atoms with Gasteiger partial charge in [-0.05, 0) is 42.5 Å². The van der Waals surface area contributed by atoms with Crippen LogP contribution in [0.1, 0.15) is 10.4 Å². The first kappa shape index (κ1) is 12.9. The fourth-order valence-electron chi connectivity index (χ4n) is 2.01. The average molecular weight is 278 g/mol. The molecule has 0 radical (unpaired) electrons. The first-order valence-electron chi connectivity index (χ1n) is 6.48. The summed E-state index contributed by atoms with van der Waals surface area (Å²) in [7, 11) is 0. The lowest BCUT2D eigenvalue weighted by Gasteiger charge is -2.07. The number of hydrogen-bond acceptors (Lipinski definition) is 3. The number of benzene rings is 2. The highest BCUT2D eigenvalue weighted by Crippen LogP contribution is 2.15. The molecular formula is C16H14N4O. The number of amides is 1. The first-order chi connectivity index (χ1) is 10.2. The van der Waals surface area contributed by atoms with E-state index in [0.29, 0.717) is 11.3 Å². The Morgan fingerprint density at radius 2 is 1.95 bits per heavy atom. The van der Waals surface area contributed by atoms with Gasteiger partial charge in [-0.2, -0.15) is 0 Å². The minimum atomic E-state index is -0.183. The molecule has 1 amide bonds. The first-order valence-corrected chi connectivity index (χ1v) is 6.48. The SMILES string of the molecule is Nc1cccc(C(=O)Nc2ccc(-n3ccnc3)cc2)c1. The third-order valence-electron chi connectivity index (χ3n) is 3.08. The fraction of sp³-hybridized carbons (Fsp3) is 0. The van der Waals surface area contributed by atoms with Crippen molar-refractivity contribution in [3.63, 3.8) is 0 Å². The molecule has 0 saturated heterocycles. The minimum Gasteiger partial charge on any atom is -0.399 e. The van der Waals surface area contributed by atoms with Gasteiger partial charge in [-0.15, -0.1) is 0 Å². The van der Waals surface area contributed by atoms with Gasteiger partial charge in [0.15, 0.2) is 0 Å². The van der Waals surface area contributed by atoms with Crippen molar-refractivity contribution in [1.29, 1.82) is 0 Å². The number of nitrogens with one attached hydrogen (secondary N) is 1. The van der Waals surface area contributed by atoms with Crippen molar-refractivity contribution < 1.29 is 4.79 Å². The van der Waals surface area contributed by atoms with E-state index < -0.39 is 0 Å². The Kier molecular flexibility index (Phi) is 3.39. The summed E-state index contributed by atoms with van der Waals surface area (Å²) in [6.07, 6.45) is 5.30. The van der Waals surface area contributed by atoms with Gasteiger partial charge in [0, 0.05) is 35.0 Å². The van der Waals surface area contributed by atoms with Crippen LogP contribution in [0.4, 0.5) is 11.4 Å². The second kappa shape index (κ2) is 5.50. The van der Waals surface area contributed by atoms with Crippen molar-refractivity contribution in [2.24, 2.45) is 0 Å². The molecule has 0 atom stereocenters. The van der Waals surface area contributed by atoms with Crippen LogP contribution in [0, 0.1) is 0 Å². The van der Waals surface area contributed by atoms with Gasteiger partial charge < -0.3 is 15.6 Å². The maximum absolute atomic E-state index is 12.1. The molecule has 0 aliphatic heterocycles. The van der Waals surface area contributed by atoms with Crippen LogP contribution < -0.4 is 11.1 Å². The largest absolute Gasteiger partial charge is 0.399 e. The molecule has 0 aliphatic carbocycles. The van der Waals surface area contributed by atoms with Crippen molar-refractivity contribution in [3.05, 3.63) is 72.8 Å². The predicted molar refractivity (Wildman–Crippen MR) is 82.4 cm³/mol. The topological polar surface area (TPSA) is 72.9 Å². The summed E-state index contributed by atoms with van der Waals surface area (Å²) >= 11 is 0. The number of carbonyl (C=O) groups excluding carboxylic acids is 1. The lowest BCUT2D eigenvalue weighted by atomic mass is 10.2. The molecule has 1 heterocycles. The van der Waals surface area contributed by atoms with Crippen LogP contribution >= 0.6 is 0 Å². The molecule has 5 heteroatoms. The molecule has 104 valence electrons. The number of nitrogens with two attached hydrogens (primary N) is 1. The van der Waals surface area contributed by atoms with Crippen molar-refractivity contribution in [3.8, 4) is 5.69 Å². The van der Waals surface area contributed by atoms with Gasteiger partial charge in [0.25, 0.3) is 5.91 Å². The van der Waals surface area contributed by atoms with Gasteiger partial charge >= 0.3 is 0 Å². The number of imidazole rings is 1.